The zero-order valence-electron chi connectivity index (χ0n) is 12.0. The molecule has 2 N–H and O–H groups in total. The van der Waals surface area contributed by atoms with Crippen LogP contribution in [-0.2, 0) is 0 Å². The van der Waals surface area contributed by atoms with E-state index in [4.69, 9.17) is 5.73 Å². The minimum Gasteiger partial charge on any atom is -0.326 e. The number of piperidine rings is 1. The normalized spacial score (nSPS) is 27.5. The summed E-state index contributed by atoms with van der Waals surface area (Å²) in [5.41, 5.74) is 7.26. The molecule has 2 fully saturated rings. The van der Waals surface area contributed by atoms with Crippen molar-refractivity contribution in [1.29, 1.82) is 0 Å². The number of nitrogens with two attached hydrogens (primary N) is 1. The van der Waals surface area contributed by atoms with Crippen LogP contribution in [0.3, 0.4) is 0 Å². The van der Waals surface area contributed by atoms with Crippen molar-refractivity contribution in [2.45, 2.75) is 65.3 Å². The van der Waals surface area contributed by atoms with Gasteiger partial charge in [0.2, 0.25) is 0 Å². The largest absolute Gasteiger partial charge is 0.326 e. The van der Waals surface area contributed by atoms with Gasteiger partial charge in [-0.05, 0) is 49.6 Å². The van der Waals surface area contributed by atoms with Gasteiger partial charge in [0.25, 0.3) is 0 Å². The number of rotatable bonds is 2. The maximum Gasteiger partial charge on any atom is 0.0217 e. The lowest BCUT2D eigenvalue weighted by Crippen LogP contribution is -2.49. The van der Waals surface area contributed by atoms with Crippen molar-refractivity contribution < 1.29 is 0 Å². The Hall–Kier alpha value is -0.0800. The molecule has 1 spiro atoms. The molecule has 0 radical (unpaired) electrons. The first-order valence-corrected chi connectivity index (χ1v) is 7.39. The summed E-state index contributed by atoms with van der Waals surface area (Å²) in [7, 11) is 0. The number of hydrogen-bond acceptors (Lipinski definition) is 2. The SMILES string of the molecule is CC(C)(C)C(N)CN1CCC2(CCCC2)CC1. The van der Waals surface area contributed by atoms with E-state index in [2.05, 4.69) is 25.7 Å². The van der Waals surface area contributed by atoms with E-state index < -0.39 is 0 Å². The van der Waals surface area contributed by atoms with Crippen LogP contribution in [-0.4, -0.2) is 30.6 Å². The van der Waals surface area contributed by atoms with Crippen molar-refractivity contribution >= 4 is 0 Å². The molecule has 0 aromatic carbocycles. The average Bonchev–Trinajstić information content (AvgIpc) is 2.69. The van der Waals surface area contributed by atoms with Crippen molar-refractivity contribution in [2.75, 3.05) is 19.6 Å². The second kappa shape index (κ2) is 4.89. The van der Waals surface area contributed by atoms with Crippen LogP contribution in [0.5, 0.6) is 0 Å². The van der Waals surface area contributed by atoms with E-state index in [0.29, 0.717) is 6.04 Å². The van der Waals surface area contributed by atoms with Gasteiger partial charge in [0.1, 0.15) is 0 Å². The predicted octanol–water partition coefficient (Wildman–Crippen LogP) is 3.02. The fourth-order valence-electron chi connectivity index (χ4n) is 3.39. The van der Waals surface area contributed by atoms with Crippen molar-refractivity contribution in [3.05, 3.63) is 0 Å². The van der Waals surface area contributed by atoms with Crippen LogP contribution >= 0.6 is 0 Å². The van der Waals surface area contributed by atoms with Crippen molar-refractivity contribution in [1.82, 2.24) is 4.90 Å². The van der Waals surface area contributed by atoms with Crippen molar-refractivity contribution in [2.24, 2.45) is 16.6 Å². The van der Waals surface area contributed by atoms with Crippen LogP contribution in [0.4, 0.5) is 0 Å². The van der Waals surface area contributed by atoms with Gasteiger partial charge in [0.15, 0.2) is 0 Å². The minimum absolute atomic E-state index is 0.239. The molecule has 0 amide bonds. The Labute approximate surface area is 107 Å². The van der Waals surface area contributed by atoms with E-state index in [9.17, 15) is 0 Å². The third-order valence-electron chi connectivity index (χ3n) is 5.15. The molecule has 1 saturated heterocycles. The van der Waals surface area contributed by atoms with Crippen LogP contribution in [0, 0.1) is 10.8 Å². The van der Waals surface area contributed by atoms with Crippen LogP contribution in [0.15, 0.2) is 0 Å². The summed E-state index contributed by atoms with van der Waals surface area (Å²) in [6, 6.07) is 0.306. The second-order valence-corrected chi connectivity index (χ2v) is 7.48. The van der Waals surface area contributed by atoms with Gasteiger partial charge in [-0.2, -0.15) is 0 Å². The highest BCUT2D eigenvalue weighted by molar-refractivity contribution is 4.91. The first-order valence-electron chi connectivity index (χ1n) is 7.39. The Bertz CT molecular complexity index is 238. The third kappa shape index (κ3) is 3.23. The molecule has 0 aromatic rings. The lowest BCUT2D eigenvalue weighted by Gasteiger charge is -2.41. The third-order valence-corrected chi connectivity index (χ3v) is 5.15. The zero-order valence-corrected chi connectivity index (χ0v) is 12.0. The molecule has 2 nitrogen and oxygen atoms in total. The maximum absolute atomic E-state index is 6.28. The van der Waals surface area contributed by atoms with Crippen molar-refractivity contribution in [3.8, 4) is 0 Å². The first-order chi connectivity index (χ1) is 7.91. The molecule has 2 aliphatic rings. The topological polar surface area (TPSA) is 29.3 Å². The highest BCUT2D eigenvalue weighted by Gasteiger charge is 2.37. The molecule has 1 atom stereocenters. The fraction of sp³-hybridized carbons (Fsp3) is 1.00. The van der Waals surface area contributed by atoms with Gasteiger partial charge in [-0.1, -0.05) is 33.6 Å². The lowest BCUT2D eigenvalue weighted by molar-refractivity contribution is 0.0917. The van der Waals surface area contributed by atoms with E-state index in [1.54, 1.807) is 0 Å². The molecule has 1 unspecified atom stereocenters. The van der Waals surface area contributed by atoms with Gasteiger partial charge in [0, 0.05) is 12.6 Å². The van der Waals surface area contributed by atoms with Crippen LogP contribution in [0.1, 0.15) is 59.3 Å². The molecule has 2 heteroatoms. The summed E-state index contributed by atoms with van der Waals surface area (Å²) in [4.78, 5) is 2.60. The lowest BCUT2D eigenvalue weighted by atomic mass is 9.76. The number of hydrogen-bond donors (Lipinski definition) is 1. The Balaban J connectivity index is 1.79. The summed E-state index contributed by atoms with van der Waals surface area (Å²) in [5.74, 6) is 0. The van der Waals surface area contributed by atoms with Gasteiger partial charge in [0.05, 0.1) is 0 Å². The van der Waals surface area contributed by atoms with Crippen molar-refractivity contribution in [3.63, 3.8) is 0 Å². The van der Waals surface area contributed by atoms with E-state index in [1.165, 1.54) is 51.6 Å². The second-order valence-electron chi connectivity index (χ2n) is 7.48. The molecule has 2 rings (SSSR count). The zero-order chi connectivity index (χ0) is 12.5. The molecular formula is C15H30N2. The molecule has 1 aliphatic carbocycles. The van der Waals surface area contributed by atoms with Gasteiger partial charge < -0.3 is 10.6 Å². The average molecular weight is 238 g/mol. The highest BCUT2D eigenvalue weighted by Crippen LogP contribution is 2.46. The van der Waals surface area contributed by atoms with E-state index in [0.717, 1.165) is 12.0 Å². The molecule has 100 valence electrons. The van der Waals surface area contributed by atoms with E-state index in [-0.39, 0.29) is 5.41 Å². The molecule has 17 heavy (non-hydrogen) atoms. The van der Waals surface area contributed by atoms with Gasteiger partial charge >= 0.3 is 0 Å². The van der Waals surface area contributed by atoms with Crippen LogP contribution < -0.4 is 5.73 Å². The first kappa shape index (κ1) is 13.4. The Morgan fingerprint density at radius 1 is 1.06 bits per heavy atom. The quantitative estimate of drug-likeness (QED) is 0.801. The smallest absolute Gasteiger partial charge is 0.0217 e. The summed E-state index contributed by atoms with van der Waals surface area (Å²) in [6.07, 6.45) is 8.77. The standard InChI is InChI=1S/C15H30N2/c1-14(2,3)13(16)12-17-10-8-15(9-11-17)6-4-5-7-15/h13H,4-12,16H2,1-3H3. The highest BCUT2D eigenvalue weighted by atomic mass is 15.1. The molecule has 0 bridgehead atoms. The maximum atomic E-state index is 6.28. The fourth-order valence-corrected chi connectivity index (χ4v) is 3.39. The summed E-state index contributed by atoms with van der Waals surface area (Å²) in [5, 5.41) is 0. The minimum atomic E-state index is 0.239. The van der Waals surface area contributed by atoms with Gasteiger partial charge in [-0.3, -0.25) is 0 Å². The van der Waals surface area contributed by atoms with E-state index in [1.807, 2.05) is 0 Å². The molecule has 1 saturated carbocycles. The van der Waals surface area contributed by atoms with Gasteiger partial charge in [-0.15, -0.1) is 0 Å². The van der Waals surface area contributed by atoms with Crippen LogP contribution in [0.2, 0.25) is 0 Å². The Kier molecular flexibility index (Phi) is 3.84. The Morgan fingerprint density at radius 3 is 2.06 bits per heavy atom. The Morgan fingerprint density at radius 2 is 1.59 bits per heavy atom. The molecule has 1 heterocycles. The monoisotopic (exact) mass is 238 g/mol. The predicted molar refractivity (Wildman–Crippen MR) is 74.0 cm³/mol. The number of likely N-dealkylation sites (tertiary alicyclic amines) is 1. The van der Waals surface area contributed by atoms with Gasteiger partial charge in [-0.25, -0.2) is 0 Å². The van der Waals surface area contributed by atoms with Crippen LogP contribution in [0.25, 0.3) is 0 Å². The summed E-state index contributed by atoms with van der Waals surface area (Å²) < 4.78 is 0. The molecular weight excluding hydrogens is 208 g/mol. The summed E-state index contributed by atoms with van der Waals surface area (Å²) >= 11 is 0. The number of nitrogens with zero attached hydrogens (tertiary/aromatic N) is 1. The molecule has 1 aliphatic heterocycles. The molecule has 0 aromatic heterocycles. The summed E-state index contributed by atoms with van der Waals surface area (Å²) in [6.45, 7) is 10.4. The van der Waals surface area contributed by atoms with E-state index >= 15 is 0 Å².